The molecule has 2 N–H and O–H groups in total. The van der Waals surface area contributed by atoms with E-state index in [1.807, 2.05) is 13.2 Å². The third kappa shape index (κ3) is 4.27. The Morgan fingerprint density at radius 3 is 2.84 bits per heavy atom. The van der Waals surface area contributed by atoms with Crippen LogP contribution in [0.1, 0.15) is 92.2 Å². The number of aromatic nitrogens is 2. The average Bonchev–Trinajstić information content (AvgIpc) is 3.59. The molecule has 0 saturated carbocycles. The van der Waals surface area contributed by atoms with Gasteiger partial charge in [0.15, 0.2) is 0 Å². The van der Waals surface area contributed by atoms with Crippen LogP contribution in [0.15, 0.2) is 12.1 Å². The summed E-state index contributed by atoms with van der Waals surface area (Å²) in [6.07, 6.45) is 9.08. The van der Waals surface area contributed by atoms with Crippen molar-refractivity contribution in [3.63, 3.8) is 0 Å². The number of rotatable bonds is 5. The van der Waals surface area contributed by atoms with Crippen molar-refractivity contribution in [2.45, 2.75) is 100 Å². The van der Waals surface area contributed by atoms with E-state index in [1.165, 1.54) is 6.42 Å². The molecule has 0 bridgehead atoms. The van der Waals surface area contributed by atoms with E-state index in [-0.39, 0.29) is 17.2 Å². The smallest absolute Gasteiger partial charge is 0.318 e. The van der Waals surface area contributed by atoms with E-state index in [0.717, 1.165) is 106 Å². The van der Waals surface area contributed by atoms with Crippen molar-refractivity contribution in [1.82, 2.24) is 14.9 Å². The largest absolute Gasteiger partial charge is 0.461 e. The van der Waals surface area contributed by atoms with Gasteiger partial charge in [0.1, 0.15) is 24.1 Å². The van der Waals surface area contributed by atoms with Crippen LogP contribution >= 0.6 is 0 Å². The summed E-state index contributed by atoms with van der Waals surface area (Å²) in [5.41, 5.74) is 10.8. The fourth-order valence-corrected chi connectivity index (χ4v) is 9.26. The van der Waals surface area contributed by atoms with Crippen molar-refractivity contribution in [2.75, 3.05) is 57.2 Å². The number of hydrogen-bond donors (Lipinski definition) is 1. The highest BCUT2D eigenvalue weighted by atomic mass is 16.5. The Bertz CT molecular complexity index is 1500. The number of fused-ring (bicyclic) bond motifs is 4. The Kier molecular flexibility index (Phi) is 6.83. The van der Waals surface area contributed by atoms with E-state index in [9.17, 15) is 5.26 Å². The van der Waals surface area contributed by atoms with E-state index in [1.54, 1.807) is 0 Å². The first-order chi connectivity index (χ1) is 21.4. The monoisotopic (exact) mass is 600 g/mol. The van der Waals surface area contributed by atoms with Crippen molar-refractivity contribution < 1.29 is 18.9 Å². The van der Waals surface area contributed by atoms with E-state index in [0.29, 0.717) is 42.8 Å². The van der Waals surface area contributed by atoms with Crippen LogP contribution in [0.25, 0.3) is 0 Å². The zero-order chi connectivity index (χ0) is 30.1. The zero-order valence-corrected chi connectivity index (χ0v) is 26.1. The van der Waals surface area contributed by atoms with Gasteiger partial charge in [0, 0.05) is 50.0 Å². The molecule has 10 heteroatoms. The minimum Gasteiger partial charge on any atom is -0.461 e. The predicted molar refractivity (Wildman–Crippen MR) is 165 cm³/mol. The number of nitriles is 1. The van der Waals surface area contributed by atoms with Crippen LogP contribution in [-0.2, 0) is 32.8 Å². The summed E-state index contributed by atoms with van der Waals surface area (Å²) in [4.78, 5) is 15.3. The van der Waals surface area contributed by atoms with Crippen LogP contribution < -0.4 is 15.4 Å². The summed E-state index contributed by atoms with van der Waals surface area (Å²) in [5, 5.41) is 10.2. The number of nitrogens with two attached hydrogens (primary N) is 1. The molecule has 44 heavy (non-hydrogen) atoms. The van der Waals surface area contributed by atoms with Crippen LogP contribution in [0.2, 0.25) is 0 Å². The van der Waals surface area contributed by atoms with Crippen molar-refractivity contribution >= 4 is 11.5 Å². The lowest BCUT2D eigenvalue weighted by molar-refractivity contribution is -0.0876. The van der Waals surface area contributed by atoms with Gasteiger partial charge in [-0.2, -0.15) is 15.2 Å². The topological polar surface area (TPSA) is 119 Å². The van der Waals surface area contributed by atoms with E-state index in [4.69, 9.17) is 34.6 Å². The fourth-order valence-electron chi connectivity index (χ4n) is 9.26. The average molecular weight is 601 g/mol. The highest BCUT2D eigenvalue weighted by Crippen LogP contribution is 2.52. The number of ether oxygens (including phenoxy) is 4. The van der Waals surface area contributed by atoms with Crippen LogP contribution in [0.5, 0.6) is 6.01 Å². The van der Waals surface area contributed by atoms with Crippen molar-refractivity contribution in [1.29, 1.82) is 5.26 Å². The maximum absolute atomic E-state index is 10.2. The molecule has 1 aromatic heterocycles. The highest BCUT2D eigenvalue weighted by molar-refractivity contribution is 5.64. The van der Waals surface area contributed by atoms with Gasteiger partial charge in [0.05, 0.1) is 41.7 Å². The summed E-state index contributed by atoms with van der Waals surface area (Å²) in [6, 6.07) is 6.81. The molecule has 4 saturated heterocycles. The summed E-state index contributed by atoms with van der Waals surface area (Å²) >= 11 is 0. The third-order valence-corrected chi connectivity index (χ3v) is 11.9. The Labute approximate surface area is 259 Å². The summed E-state index contributed by atoms with van der Waals surface area (Å²) in [6.45, 7) is 7.67. The highest BCUT2D eigenvalue weighted by Gasteiger charge is 2.52. The molecule has 2 spiro atoms. The van der Waals surface area contributed by atoms with Gasteiger partial charge in [0.25, 0.3) is 0 Å². The van der Waals surface area contributed by atoms with Crippen LogP contribution in [0.3, 0.4) is 0 Å². The predicted octanol–water partition coefficient (Wildman–Crippen LogP) is 4.19. The lowest BCUT2D eigenvalue weighted by atomic mass is 9.69. The summed E-state index contributed by atoms with van der Waals surface area (Å²) in [7, 11) is 1.81. The number of nitrogen functional groups attached to an aromatic ring is 1. The number of nitrogens with zero attached hydrogens (tertiary/aromatic N) is 5. The second-order valence-electron chi connectivity index (χ2n) is 14.2. The van der Waals surface area contributed by atoms with E-state index in [2.05, 4.69) is 28.9 Å². The Balaban J connectivity index is 1.18. The van der Waals surface area contributed by atoms with Crippen LogP contribution in [-0.4, -0.2) is 78.6 Å². The molecule has 0 radical (unpaired) electrons. The van der Waals surface area contributed by atoms with E-state index < -0.39 is 5.60 Å². The molecule has 0 amide bonds. The van der Waals surface area contributed by atoms with Crippen LogP contribution in [0, 0.1) is 11.3 Å². The molecule has 2 aromatic rings. The van der Waals surface area contributed by atoms with Crippen molar-refractivity contribution in [2.24, 2.45) is 0 Å². The Morgan fingerprint density at radius 2 is 2.07 bits per heavy atom. The molecule has 1 aromatic carbocycles. The number of anilines is 2. The van der Waals surface area contributed by atoms with Crippen molar-refractivity contribution in [3.05, 3.63) is 40.1 Å². The van der Waals surface area contributed by atoms with Gasteiger partial charge in [-0.1, -0.05) is 13.0 Å². The first-order valence-electron chi connectivity index (χ1n) is 16.5. The maximum atomic E-state index is 10.2. The summed E-state index contributed by atoms with van der Waals surface area (Å²) < 4.78 is 25.3. The quantitative estimate of drug-likeness (QED) is 0.501. The normalized spacial score (nSPS) is 34.3. The molecule has 4 fully saturated rings. The molecule has 234 valence electrons. The van der Waals surface area contributed by atoms with Gasteiger partial charge >= 0.3 is 6.01 Å². The molecule has 1 aliphatic carbocycles. The number of methoxy groups -OCH3 is 1. The molecule has 5 aliphatic heterocycles. The second-order valence-corrected chi connectivity index (χ2v) is 14.2. The minimum absolute atomic E-state index is 0.0276. The van der Waals surface area contributed by atoms with Crippen molar-refractivity contribution in [3.8, 4) is 12.1 Å². The fraction of sp³-hybridized carbons (Fsp3) is 0.676. The molecular weight excluding hydrogens is 556 g/mol. The van der Waals surface area contributed by atoms with E-state index >= 15 is 0 Å². The van der Waals surface area contributed by atoms with Gasteiger partial charge in [-0.05, 0) is 75.5 Å². The first-order valence-corrected chi connectivity index (χ1v) is 16.5. The van der Waals surface area contributed by atoms with Crippen LogP contribution in [0.4, 0.5) is 11.5 Å². The van der Waals surface area contributed by atoms with Gasteiger partial charge in [-0.3, -0.25) is 4.90 Å². The van der Waals surface area contributed by atoms with Gasteiger partial charge < -0.3 is 29.6 Å². The first kappa shape index (κ1) is 28.5. The molecule has 0 unspecified atom stereocenters. The van der Waals surface area contributed by atoms with Gasteiger partial charge in [-0.15, -0.1) is 0 Å². The molecule has 6 heterocycles. The minimum atomic E-state index is -0.656. The second kappa shape index (κ2) is 10.5. The molecule has 6 aliphatic rings. The number of benzene rings is 1. The lowest BCUT2D eigenvalue weighted by Crippen LogP contribution is -2.65. The molecule has 10 nitrogen and oxygen atoms in total. The SMILES string of the molecule is CO[C@H]1CN2CCC[C@@]2(COc2nc3c(c(N4CC[C@]45CCCOC5)n2)CO[C@@]2(CC[C@H](C)c4ccc(N)c(C#N)c42)C3)C1. The Morgan fingerprint density at radius 1 is 1.16 bits per heavy atom. The van der Waals surface area contributed by atoms with Gasteiger partial charge in [0.2, 0.25) is 0 Å². The lowest BCUT2D eigenvalue weighted by Gasteiger charge is -2.56. The summed E-state index contributed by atoms with van der Waals surface area (Å²) in [5.74, 6) is 1.26. The zero-order valence-electron chi connectivity index (χ0n) is 26.1. The third-order valence-electron chi connectivity index (χ3n) is 11.9. The molecular formula is C34H44N6O4. The standard InChI is InChI=1S/C34H44N6O4/c1-22-7-10-34(29-24(22)5-6-27(36)25(29)17-35)16-28-26(19-44-34)30(40-13-11-32(40)9-4-14-42-20-32)38-31(37-28)43-21-33-8-3-12-39(33)18-23(15-33)41-2/h5-6,22-23H,3-4,7-16,18-21,36H2,1-2H3/t22-,23+,32-,33-,34-/m0/s1. The molecule has 5 atom stereocenters. The Hall–Kier alpha value is -2.97. The van der Waals surface area contributed by atoms with Gasteiger partial charge in [-0.25, -0.2) is 0 Å². The molecule has 8 rings (SSSR count). The maximum Gasteiger partial charge on any atom is 0.318 e. The number of hydrogen-bond acceptors (Lipinski definition) is 10.